The van der Waals surface area contributed by atoms with Crippen molar-refractivity contribution in [2.24, 2.45) is 5.73 Å². The molecule has 2 aromatic rings. The van der Waals surface area contributed by atoms with E-state index < -0.39 is 0 Å². The van der Waals surface area contributed by atoms with Crippen molar-refractivity contribution in [1.29, 1.82) is 0 Å². The second-order valence-electron chi connectivity index (χ2n) is 4.06. The summed E-state index contributed by atoms with van der Waals surface area (Å²) in [5.74, 6) is 0.859. The molecular weight excluding hydrogens is 230 g/mol. The third kappa shape index (κ3) is 2.38. The number of rotatable bonds is 6. The second-order valence-corrected chi connectivity index (χ2v) is 4.06. The Labute approximate surface area is 107 Å². The van der Waals surface area contributed by atoms with E-state index in [9.17, 15) is 0 Å². The minimum Gasteiger partial charge on any atom is -0.383 e. The summed E-state index contributed by atoms with van der Waals surface area (Å²) in [6.07, 6.45) is -0.186. The van der Waals surface area contributed by atoms with Crippen molar-refractivity contribution in [1.82, 2.24) is 9.55 Å². The van der Waals surface area contributed by atoms with Gasteiger partial charge in [-0.3, -0.25) is 0 Å². The molecule has 0 amide bonds. The molecule has 2 N–H and O–H groups in total. The first-order valence-electron chi connectivity index (χ1n) is 5.98. The summed E-state index contributed by atoms with van der Waals surface area (Å²) in [4.78, 5) is 4.61. The van der Waals surface area contributed by atoms with Gasteiger partial charge < -0.3 is 19.8 Å². The number of hydrogen-bond donors (Lipinski definition) is 1. The van der Waals surface area contributed by atoms with Gasteiger partial charge in [0, 0.05) is 27.3 Å². The topological polar surface area (TPSA) is 62.3 Å². The van der Waals surface area contributed by atoms with Crippen LogP contribution in [0.15, 0.2) is 24.3 Å². The fraction of sp³-hybridized carbons (Fsp3) is 0.462. The number of imidazole rings is 1. The third-order valence-electron chi connectivity index (χ3n) is 2.99. The van der Waals surface area contributed by atoms with E-state index in [2.05, 4.69) is 9.55 Å². The summed E-state index contributed by atoms with van der Waals surface area (Å²) in [6.45, 7) is 1.79. The summed E-state index contributed by atoms with van der Waals surface area (Å²) < 4.78 is 12.6. The average Bonchev–Trinajstić information content (AvgIpc) is 2.76. The lowest BCUT2D eigenvalue weighted by molar-refractivity contribution is 0.0978. The van der Waals surface area contributed by atoms with Crippen LogP contribution in [0.25, 0.3) is 11.0 Å². The summed E-state index contributed by atoms with van der Waals surface area (Å²) in [6, 6.07) is 8.02. The van der Waals surface area contributed by atoms with Crippen LogP contribution in [0.2, 0.25) is 0 Å². The Kier molecular flexibility index (Phi) is 4.30. The molecule has 0 aliphatic rings. The molecule has 0 spiro atoms. The zero-order valence-corrected chi connectivity index (χ0v) is 10.8. The van der Waals surface area contributed by atoms with Crippen LogP contribution >= 0.6 is 0 Å². The van der Waals surface area contributed by atoms with Gasteiger partial charge in [-0.05, 0) is 12.1 Å². The van der Waals surface area contributed by atoms with Crippen molar-refractivity contribution in [2.75, 3.05) is 27.4 Å². The maximum Gasteiger partial charge on any atom is 0.140 e. The maximum atomic E-state index is 5.73. The van der Waals surface area contributed by atoms with Crippen LogP contribution in [0.4, 0.5) is 0 Å². The second kappa shape index (κ2) is 5.95. The molecule has 0 bridgehead atoms. The Morgan fingerprint density at radius 3 is 2.78 bits per heavy atom. The van der Waals surface area contributed by atoms with E-state index in [1.165, 1.54) is 0 Å². The first kappa shape index (κ1) is 13.0. The van der Waals surface area contributed by atoms with Gasteiger partial charge >= 0.3 is 0 Å². The van der Waals surface area contributed by atoms with Crippen molar-refractivity contribution in [3.63, 3.8) is 0 Å². The highest BCUT2D eigenvalue weighted by molar-refractivity contribution is 5.76. The number of nitrogens with zero attached hydrogens (tertiary/aromatic N) is 2. The van der Waals surface area contributed by atoms with Crippen LogP contribution in [0, 0.1) is 0 Å². The van der Waals surface area contributed by atoms with Crippen molar-refractivity contribution < 1.29 is 9.47 Å². The smallest absolute Gasteiger partial charge is 0.140 e. The van der Waals surface area contributed by atoms with Crippen molar-refractivity contribution >= 4 is 11.0 Å². The van der Waals surface area contributed by atoms with Crippen molar-refractivity contribution in [2.45, 2.75) is 12.6 Å². The first-order valence-corrected chi connectivity index (χ1v) is 5.98. The van der Waals surface area contributed by atoms with Gasteiger partial charge in [-0.25, -0.2) is 4.98 Å². The van der Waals surface area contributed by atoms with Gasteiger partial charge in [-0.15, -0.1) is 0 Å². The van der Waals surface area contributed by atoms with Gasteiger partial charge in [0.15, 0.2) is 0 Å². The molecule has 5 heteroatoms. The molecule has 0 fully saturated rings. The Morgan fingerprint density at radius 2 is 2.11 bits per heavy atom. The molecule has 98 valence electrons. The number of para-hydroxylation sites is 2. The molecule has 5 nitrogen and oxygen atoms in total. The number of methoxy groups -OCH3 is 2. The number of aromatic nitrogens is 2. The molecule has 1 aromatic carbocycles. The number of hydrogen-bond acceptors (Lipinski definition) is 4. The highest BCUT2D eigenvalue weighted by Gasteiger charge is 2.18. The molecule has 1 atom stereocenters. The quantitative estimate of drug-likeness (QED) is 0.839. The van der Waals surface area contributed by atoms with Gasteiger partial charge in [0.1, 0.15) is 11.9 Å². The maximum absolute atomic E-state index is 5.73. The highest BCUT2D eigenvalue weighted by atomic mass is 16.5. The van der Waals surface area contributed by atoms with Gasteiger partial charge in [0.25, 0.3) is 0 Å². The van der Waals surface area contributed by atoms with E-state index in [4.69, 9.17) is 15.2 Å². The Morgan fingerprint density at radius 1 is 1.33 bits per heavy atom. The number of ether oxygens (including phenoxy) is 2. The summed E-state index contributed by atoms with van der Waals surface area (Å²) in [7, 11) is 3.34. The van der Waals surface area contributed by atoms with E-state index in [1.807, 2.05) is 24.3 Å². The minimum absolute atomic E-state index is 0.186. The Balaban J connectivity index is 2.48. The number of benzene rings is 1. The van der Waals surface area contributed by atoms with Gasteiger partial charge in [-0.1, -0.05) is 12.1 Å². The lowest BCUT2D eigenvalue weighted by Crippen LogP contribution is -2.20. The monoisotopic (exact) mass is 249 g/mol. The SMILES string of the molecule is COCCn1c(C(CN)OC)nc2ccccc21. The molecule has 0 aliphatic carbocycles. The van der Waals surface area contributed by atoms with E-state index >= 15 is 0 Å². The van der Waals surface area contributed by atoms with Crippen LogP contribution in [-0.4, -0.2) is 36.9 Å². The van der Waals surface area contributed by atoms with Gasteiger partial charge in [0.05, 0.1) is 17.6 Å². The average molecular weight is 249 g/mol. The molecule has 1 heterocycles. The first-order chi connectivity index (χ1) is 8.81. The zero-order chi connectivity index (χ0) is 13.0. The van der Waals surface area contributed by atoms with Crippen LogP contribution in [0.3, 0.4) is 0 Å². The lowest BCUT2D eigenvalue weighted by Gasteiger charge is -2.15. The molecule has 2 rings (SSSR count). The zero-order valence-electron chi connectivity index (χ0n) is 10.8. The standard InChI is InChI=1S/C13H19N3O2/c1-17-8-7-16-11-6-4-3-5-10(11)15-13(16)12(9-14)18-2/h3-6,12H,7-9,14H2,1-2H3. The van der Waals surface area contributed by atoms with Gasteiger partial charge in [-0.2, -0.15) is 0 Å². The number of nitrogens with two attached hydrogens (primary N) is 1. The van der Waals surface area contributed by atoms with Crippen LogP contribution in [0.1, 0.15) is 11.9 Å². The largest absolute Gasteiger partial charge is 0.383 e. The summed E-state index contributed by atoms with van der Waals surface area (Å²) in [5.41, 5.74) is 7.77. The Bertz CT molecular complexity index is 506. The lowest BCUT2D eigenvalue weighted by atomic mass is 10.3. The predicted octanol–water partition coefficient (Wildman–Crippen LogP) is 1.33. The molecule has 18 heavy (non-hydrogen) atoms. The summed E-state index contributed by atoms with van der Waals surface area (Å²) >= 11 is 0. The highest BCUT2D eigenvalue weighted by Crippen LogP contribution is 2.22. The fourth-order valence-corrected chi connectivity index (χ4v) is 2.06. The van der Waals surface area contributed by atoms with Crippen LogP contribution in [0.5, 0.6) is 0 Å². The van der Waals surface area contributed by atoms with Crippen molar-refractivity contribution in [3.05, 3.63) is 30.1 Å². The molecule has 1 unspecified atom stereocenters. The normalized spacial score (nSPS) is 13.1. The van der Waals surface area contributed by atoms with E-state index in [-0.39, 0.29) is 6.10 Å². The predicted molar refractivity (Wildman–Crippen MR) is 70.4 cm³/mol. The molecule has 1 aromatic heterocycles. The van der Waals surface area contributed by atoms with Crippen LogP contribution in [-0.2, 0) is 16.0 Å². The van der Waals surface area contributed by atoms with Crippen molar-refractivity contribution in [3.8, 4) is 0 Å². The molecule has 0 saturated carbocycles. The molecule has 0 aliphatic heterocycles. The van der Waals surface area contributed by atoms with E-state index in [0.717, 1.165) is 23.4 Å². The minimum atomic E-state index is -0.186. The van der Waals surface area contributed by atoms with Crippen LogP contribution < -0.4 is 5.73 Å². The molecule has 0 radical (unpaired) electrons. The molecule has 0 saturated heterocycles. The summed E-state index contributed by atoms with van der Waals surface area (Å²) in [5, 5.41) is 0. The third-order valence-corrected chi connectivity index (χ3v) is 2.99. The molecular formula is C13H19N3O2. The van der Waals surface area contributed by atoms with E-state index in [0.29, 0.717) is 13.2 Å². The Hall–Kier alpha value is -1.43. The fourth-order valence-electron chi connectivity index (χ4n) is 2.06. The van der Waals surface area contributed by atoms with E-state index in [1.54, 1.807) is 14.2 Å². The van der Waals surface area contributed by atoms with Gasteiger partial charge in [0.2, 0.25) is 0 Å². The number of fused-ring (bicyclic) bond motifs is 1.